The number of aromatic nitrogens is 3. The molecule has 2 aromatic rings. The third-order valence-electron chi connectivity index (χ3n) is 4.25. The zero-order chi connectivity index (χ0) is 16.1. The van der Waals surface area contributed by atoms with Crippen molar-refractivity contribution in [1.82, 2.24) is 15.2 Å². The Bertz CT molecular complexity index is 623. The van der Waals surface area contributed by atoms with Gasteiger partial charge in [-0.05, 0) is 36.5 Å². The van der Waals surface area contributed by atoms with Crippen molar-refractivity contribution in [3.8, 4) is 5.75 Å². The molecule has 0 radical (unpaired) electrons. The molecule has 0 saturated carbocycles. The van der Waals surface area contributed by atoms with E-state index in [4.69, 9.17) is 4.74 Å². The zero-order valence-corrected chi connectivity index (χ0v) is 13.7. The molecule has 2 heterocycles. The summed E-state index contributed by atoms with van der Waals surface area (Å²) in [5.74, 6) is 3.12. The first kappa shape index (κ1) is 15.5. The predicted octanol–water partition coefficient (Wildman–Crippen LogP) is 2.73. The number of ether oxygens (including phenoxy) is 1. The molecule has 0 atom stereocenters. The van der Waals surface area contributed by atoms with E-state index >= 15 is 0 Å². The number of hydrogen-bond acceptors (Lipinski definition) is 6. The van der Waals surface area contributed by atoms with Crippen LogP contribution in [0.4, 0.5) is 11.8 Å². The summed E-state index contributed by atoms with van der Waals surface area (Å²) in [5, 5.41) is 11.6. The standard InChI is InChI=1S/C17H23N5O/c1-13-7-9-22(10-8-13)17-20-16(12-19-21-17)18-11-14-3-5-15(23-2)6-4-14/h3-6,12-13H,7-11H2,1-2H3,(H,18,20,21). The topological polar surface area (TPSA) is 63.2 Å². The minimum absolute atomic E-state index is 0.694. The molecule has 1 N–H and O–H groups in total. The second-order valence-electron chi connectivity index (χ2n) is 6.01. The van der Waals surface area contributed by atoms with Crippen molar-refractivity contribution >= 4 is 11.8 Å². The van der Waals surface area contributed by atoms with Gasteiger partial charge in [-0.25, -0.2) is 0 Å². The summed E-state index contributed by atoms with van der Waals surface area (Å²) >= 11 is 0. The summed E-state index contributed by atoms with van der Waals surface area (Å²) in [4.78, 5) is 6.80. The summed E-state index contributed by atoms with van der Waals surface area (Å²) in [7, 11) is 1.67. The minimum atomic E-state index is 0.694. The van der Waals surface area contributed by atoms with Crippen molar-refractivity contribution in [3.05, 3.63) is 36.0 Å². The molecule has 23 heavy (non-hydrogen) atoms. The molecule has 6 nitrogen and oxygen atoms in total. The van der Waals surface area contributed by atoms with Crippen molar-refractivity contribution in [3.63, 3.8) is 0 Å². The van der Waals surface area contributed by atoms with Crippen LogP contribution in [0.15, 0.2) is 30.5 Å². The SMILES string of the molecule is COc1ccc(CNc2cnnc(N3CCC(C)CC3)n2)cc1. The van der Waals surface area contributed by atoms with E-state index in [0.29, 0.717) is 6.54 Å². The van der Waals surface area contributed by atoms with Crippen LogP contribution in [0.3, 0.4) is 0 Å². The van der Waals surface area contributed by atoms with Crippen LogP contribution in [-0.4, -0.2) is 35.4 Å². The van der Waals surface area contributed by atoms with E-state index in [0.717, 1.165) is 42.1 Å². The van der Waals surface area contributed by atoms with Crippen molar-refractivity contribution in [2.45, 2.75) is 26.3 Å². The van der Waals surface area contributed by atoms with Crippen molar-refractivity contribution in [2.75, 3.05) is 30.4 Å². The maximum Gasteiger partial charge on any atom is 0.247 e. The molecular formula is C17H23N5O. The molecule has 122 valence electrons. The fourth-order valence-electron chi connectivity index (χ4n) is 2.66. The molecule has 1 aliphatic rings. The maximum atomic E-state index is 5.17. The number of nitrogens with one attached hydrogen (secondary N) is 1. The highest BCUT2D eigenvalue weighted by Crippen LogP contribution is 2.20. The molecule has 1 fully saturated rings. The Hall–Kier alpha value is -2.37. The summed E-state index contributed by atoms with van der Waals surface area (Å²) < 4.78 is 5.17. The Morgan fingerprint density at radius 1 is 1.22 bits per heavy atom. The van der Waals surface area contributed by atoms with Crippen molar-refractivity contribution in [1.29, 1.82) is 0 Å². The summed E-state index contributed by atoms with van der Waals surface area (Å²) in [6, 6.07) is 7.98. The van der Waals surface area contributed by atoms with Crippen molar-refractivity contribution in [2.24, 2.45) is 5.92 Å². The van der Waals surface area contributed by atoms with Crippen LogP contribution < -0.4 is 15.0 Å². The third-order valence-corrected chi connectivity index (χ3v) is 4.25. The second kappa shape index (κ2) is 7.26. The molecular weight excluding hydrogens is 290 g/mol. The van der Waals surface area contributed by atoms with Gasteiger partial charge in [-0.1, -0.05) is 19.1 Å². The van der Waals surface area contributed by atoms with Gasteiger partial charge in [-0.15, -0.1) is 5.10 Å². The highest BCUT2D eigenvalue weighted by atomic mass is 16.5. The number of rotatable bonds is 5. The Morgan fingerprint density at radius 2 is 1.96 bits per heavy atom. The lowest BCUT2D eigenvalue weighted by atomic mass is 10.00. The lowest BCUT2D eigenvalue weighted by molar-refractivity contribution is 0.414. The number of anilines is 2. The van der Waals surface area contributed by atoms with Crippen molar-refractivity contribution < 1.29 is 4.74 Å². The van der Waals surface area contributed by atoms with Gasteiger partial charge in [0.1, 0.15) is 5.75 Å². The molecule has 0 unspecified atom stereocenters. The summed E-state index contributed by atoms with van der Waals surface area (Å²) in [6.07, 6.45) is 4.04. The van der Waals surface area contributed by atoms with Gasteiger partial charge in [0.2, 0.25) is 5.95 Å². The molecule has 1 aliphatic heterocycles. The van der Waals surface area contributed by atoms with Crippen LogP contribution in [0.25, 0.3) is 0 Å². The lowest BCUT2D eigenvalue weighted by Gasteiger charge is -2.29. The van der Waals surface area contributed by atoms with E-state index in [1.807, 2.05) is 24.3 Å². The first-order chi connectivity index (χ1) is 11.2. The second-order valence-corrected chi connectivity index (χ2v) is 6.01. The molecule has 3 rings (SSSR count). The Kier molecular flexibility index (Phi) is 4.90. The fourth-order valence-corrected chi connectivity index (χ4v) is 2.66. The molecule has 0 aliphatic carbocycles. The highest BCUT2D eigenvalue weighted by molar-refractivity contribution is 5.40. The van der Waals surface area contributed by atoms with Crippen LogP contribution >= 0.6 is 0 Å². The summed E-state index contributed by atoms with van der Waals surface area (Å²) in [5.41, 5.74) is 1.16. The average Bonchev–Trinajstić information content (AvgIpc) is 2.61. The van der Waals surface area contributed by atoms with Gasteiger partial charge >= 0.3 is 0 Å². The predicted molar refractivity (Wildman–Crippen MR) is 90.8 cm³/mol. The number of piperidine rings is 1. The molecule has 0 spiro atoms. The van der Waals surface area contributed by atoms with E-state index in [2.05, 4.69) is 32.3 Å². The quantitative estimate of drug-likeness (QED) is 0.916. The molecule has 0 bridgehead atoms. The fraction of sp³-hybridized carbons (Fsp3) is 0.471. The molecule has 1 aromatic carbocycles. The minimum Gasteiger partial charge on any atom is -0.497 e. The normalized spacial score (nSPS) is 15.5. The van der Waals surface area contributed by atoms with E-state index in [1.165, 1.54) is 12.8 Å². The van der Waals surface area contributed by atoms with Crippen LogP contribution in [0.1, 0.15) is 25.3 Å². The van der Waals surface area contributed by atoms with Crippen LogP contribution in [0.2, 0.25) is 0 Å². The number of benzene rings is 1. The molecule has 0 amide bonds. The van der Waals surface area contributed by atoms with Gasteiger partial charge in [0.15, 0.2) is 5.82 Å². The van der Waals surface area contributed by atoms with E-state index in [9.17, 15) is 0 Å². The van der Waals surface area contributed by atoms with Crippen LogP contribution in [0, 0.1) is 5.92 Å². The van der Waals surface area contributed by atoms with Gasteiger partial charge in [-0.3, -0.25) is 0 Å². The van der Waals surface area contributed by atoms with Gasteiger partial charge in [0.05, 0.1) is 13.3 Å². The van der Waals surface area contributed by atoms with Crippen LogP contribution in [0.5, 0.6) is 5.75 Å². The smallest absolute Gasteiger partial charge is 0.247 e. The van der Waals surface area contributed by atoms with Crippen LogP contribution in [-0.2, 0) is 6.54 Å². The van der Waals surface area contributed by atoms with Gasteiger partial charge in [0, 0.05) is 19.6 Å². The van der Waals surface area contributed by atoms with Gasteiger partial charge in [0.25, 0.3) is 0 Å². The van der Waals surface area contributed by atoms with E-state index in [-0.39, 0.29) is 0 Å². The van der Waals surface area contributed by atoms with Gasteiger partial charge < -0.3 is 15.0 Å². The summed E-state index contributed by atoms with van der Waals surface area (Å²) in [6.45, 7) is 5.00. The Balaban J connectivity index is 1.60. The first-order valence-electron chi connectivity index (χ1n) is 8.06. The number of nitrogens with zero attached hydrogens (tertiary/aromatic N) is 4. The lowest BCUT2D eigenvalue weighted by Crippen LogP contribution is -2.34. The molecule has 1 aromatic heterocycles. The monoisotopic (exact) mass is 313 g/mol. The van der Waals surface area contributed by atoms with E-state index in [1.54, 1.807) is 13.3 Å². The Morgan fingerprint density at radius 3 is 2.65 bits per heavy atom. The Labute approximate surface area is 136 Å². The largest absolute Gasteiger partial charge is 0.497 e. The first-order valence-corrected chi connectivity index (χ1v) is 8.06. The molecule has 1 saturated heterocycles. The van der Waals surface area contributed by atoms with Gasteiger partial charge in [-0.2, -0.15) is 10.1 Å². The molecule has 6 heteroatoms. The van der Waals surface area contributed by atoms with E-state index < -0.39 is 0 Å². The zero-order valence-electron chi connectivity index (χ0n) is 13.7. The highest BCUT2D eigenvalue weighted by Gasteiger charge is 2.18. The number of methoxy groups -OCH3 is 1. The number of hydrogen-bond donors (Lipinski definition) is 1. The average molecular weight is 313 g/mol. The maximum absolute atomic E-state index is 5.17. The third kappa shape index (κ3) is 4.09.